The fourth-order valence-corrected chi connectivity index (χ4v) is 2.72. The lowest BCUT2D eigenvalue weighted by atomic mass is 10.1. The van der Waals surface area contributed by atoms with Crippen molar-refractivity contribution >= 4 is 11.9 Å². The summed E-state index contributed by atoms with van der Waals surface area (Å²) in [5.41, 5.74) is 1.04. The molecule has 0 spiro atoms. The number of amides is 1. The third-order valence-corrected chi connectivity index (χ3v) is 4.28. The standard InChI is InChI=1S/C18H19NO4/c1-12(14-7-8-14)19(11-13-5-3-2-4-6-13)17(20)15-9-10-16(23-15)18(21)22/h2-6,9-10,12,14H,7-8,11H2,1H3,(H,21,22). The monoisotopic (exact) mass is 313 g/mol. The molecule has 1 saturated carbocycles. The molecule has 0 bridgehead atoms. The molecule has 5 heteroatoms. The number of carboxylic acids is 1. The summed E-state index contributed by atoms with van der Waals surface area (Å²) in [4.78, 5) is 25.5. The third kappa shape index (κ3) is 3.44. The molecule has 0 radical (unpaired) electrons. The van der Waals surface area contributed by atoms with Crippen LogP contribution in [-0.2, 0) is 6.54 Å². The normalized spacial score (nSPS) is 15.2. The van der Waals surface area contributed by atoms with Gasteiger partial charge in [-0.3, -0.25) is 4.79 Å². The average molecular weight is 313 g/mol. The molecule has 23 heavy (non-hydrogen) atoms. The zero-order valence-electron chi connectivity index (χ0n) is 12.9. The highest BCUT2D eigenvalue weighted by atomic mass is 16.4. The number of aromatic carboxylic acids is 1. The van der Waals surface area contributed by atoms with Crippen molar-refractivity contribution in [2.75, 3.05) is 0 Å². The minimum Gasteiger partial charge on any atom is -0.475 e. The van der Waals surface area contributed by atoms with Gasteiger partial charge in [-0.2, -0.15) is 0 Å². The van der Waals surface area contributed by atoms with Crippen molar-refractivity contribution in [3.63, 3.8) is 0 Å². The Kier molecular flexibility index (Phi) is 4.19. The smallest absolute Gasteiger partial charge is 0.371 e. The highest BCUT2D eigenvalue weighted by molar-refractivity contribution is 5.93. The minimum absolute atomic E-state index is 0.0748. The Morgan fingerprint density at radius 3 is 2.39 bits per heavy atom. The van der Waals surface area contributed by atoms with Crippen molar-refractivity contribution in [2.45, 2.75) is 32.4 Å². The molecule has 1 aromatic carbocycles. The van der Waals surface area contributed by atoms with E-state index in [1.54, 1.807) is 4.90 Å². The highest BCUT2D eigenvalue weighted by Gasteiger charge is 2.35. The van der Waals surface area contributed by atoms with E-state index in [4.69, 9.17) is 9.52 Å². The summed E-state index contributed by atoms with van der Waals surface area (Å²) in [5.74, 6) is -1.07. The Labute approximate surface area is 134 Å². The SMILES string of the molecule is CC(C1CC1)N(Cc1ccccc1)C(=O)c1ccc(C(=O)O)o1. The molecule has 1 N–H and O–H groups in total. The van der Waals surface area contributed by atoms with Gasteiger partial charge in [0.25, 0.3) is 5.91 Å². The Hall–Kier alpha value is -2.56. The van der Waals surface area contributed by atoms with Crippen molar-refractivity contribution in [2.24, 2.45) is 5.92 Å². The Balaban J connectivity index is 1.84. The quantitative estimate of drug-likeness (QED) is 0.887. The molecule has 1 aliphatic carbocycles. The highest BCUT2D eigenvalue weighted by Crippen LogP contribution is 2.36. The van der Waals surface area contributed by atoms with E-state index < -0.39 is 5.97 Å². The topological polar surface area (TPSA) is 70.8 Å². The molecule has 1 amide bonds. The molecule has 0 aliphatic heterocycles. The van der Waals surface area contributed by atoms with Gasteiger partial charge in [-0.05, 0) is 43.4 Å². The predicted octanol–water partition coefficient (Wildman–Crippen LogP) is 3.42. The van der Waals surface area contributed by atoms with Crippen molar-refractivity contribution in [1.82, 2.24) is 4.90 Å². The van der Waals surface area contributed by atoms with E-state index in [1.807, 2.05) is 37.3 Å². The summed E-state index contributed by atoms with van der Waals surface area (Å²) in [5, 5.41) is 8.94. The van der Waals surface area contributed by atoms with Crippen molar-refractivity contribution in [1.29, 1.82) is 0 Å². The number of carbonyl (C=O) groups is 2. The van der Waals surface area contributed by atoms with Crippen molar-refractivity contribution in [3.05, 3.63) is 59.5 Å². The molecular formula is C18H19NO4. The zero-order valence-corrected chi connectivity index (χ0v) is 12.9. The number of benzene rings is 1. The van der Waals surface area contributed by atoms with Crippen molar-refractivity contribution < 1.29 is 19.1 Å². The van der Waals surface area contributed by atoms with E-state index in [2.05, 4.69) is 0 Å². The first-order valence-electron chi connectivity index (χ1n) is 7.74. The maximum absolute atomic E-state index is 12.8. The van der Waals surface area contributed by atoms with Crippen LogP contribution in [0.1, 0.15) is 46.4 Å². The molecule has 0 saturated heterocycles. The van der Waals surface area contributed by atoms with Gasteiger partial charge in [0.2, 0.25) is 5.76 Å². The van der Waals surface area contributed by atoms with E-state index in [9.17, 15) is 9.59 Å². The van der Waals surface area contributed by atoms with Crippen LogP contribution in [0.4, 0.5) is 0 Å². The van der Waals surface area contributed by atoms with Crippen LogP contribution in [0.5, 0.6) is 0 Å². The second kappa shape index (κ2) is 6.28. The minimum atomic E-state index is -1.17. The second-order valence-electron chi connectivity index (χ2n) is 5.97. The number of carboxylic acid groups (broad SMARTS) is 1. The van der Waals surface area contributed by atoms with Crippen LogP contribution in [-0.4, -0.2) is 27.9 Å². The lowest BCUT2D eigenvalue weighted by Gasteiger charge is -2.28. The van der Waals surface area contributed by atoms with E-state index in [1.165, 1.54) is 12.1 Å². The van der Waals surface area contributed by atoms with Crippen molar-refractivity contribution in [3.8, 4) is 0 Å². The van der Waals surface area contributed by atoms with Crippen LogP contribution in [0.3, 0.4) is 0 Å². The summed E-state index contributed by atoms with van der Waals surface area (Å²) in [7, 11) is 0. The average Bonchev–Trinajstić information content (AvgIpc) is 3.28. The molecule has 120 valence electrons. The van der Waals surface area contributed by atoms with E-state index >= 15 is 0 Å². The molecule has 1 aliphatic rings. The maximum Gasteiger partial charge on any atom is 0.371 e. The predicted molar refractivity (Wildman–Crippen MR) is 84.2 cm³/mol. The fraction of sp³-hybridized carbons (Fsp3) is 0.333. The molecule has 1 heterocycles. The van der Waals surface area contributed by atoms with E-state index in [-0.39, 0.29) is 23.5 Å². The molecule has 1 aromatic heterocycles. The maximum atomic E-state index is 12.8. The fourth-order valence-electron chi connectivity index (χ4n) is 2.72. The lowest BCUT2D eigenvalue weighted by Crippen LogP contribution is -2.39. The molecule has 2 aromatic rings. The number of hydrogen-bond donors (Lipinski definition) is 1. The van der Waals surface area contributed by atoms with Gasteiger partial charge in [-0.15, -0.1) is 0 Å². The third-order valence-electron chi connectivity index (χ3n) is 4.28. The Morgan fingerprint density at radius 1 is 1.17 bits per heavy atom. The molecule has 1 unspecified atom stereocenters. The van der Waals surface area contributed by atoms with Gasteiger partial charge < -0.3 is 14.4 Å². The molecule has 1 fully saturated rings. The molecule has 1 atom stereocenters. The number of rotatable bonds is 6. The van der Waals surface area contributed by atoms with Gasteiger partial charge in [-0.25, -0.2) is 4.79 Å². The lowest BCUT2D eigenvalue weighted by molar-refractivity contribution is 0.0604. The van der Waals surface area contributed by atoms with Crippen LogP contribution in [0.25, 0.3) is 0 Å². The van der Waals surface area contributed by atoms with Gasteiger partial charge in [-0.1, -0.05) is 30.3 Å². The number of carbonyl (C=O) groups excluding carboxylic acids is 1. The first-order chi connectivity index (χ1) is 11.1. The summed E-state index contributed by atoms with van der Waals surface area (Å²) < 4.78 is 5.19. The molecule has 3 rings (SSSR count). The first kappa shape index (κ1) is 15.3. The van der Waals surface area contributed by atoms with Gasteiger partial charge in [0.1, 0.15) is 0 Å². The zero-order chi connectivity index (χ0) is 16.4. The summed E-state index contributed by atoms with van der Waals surface area (Å²) in [6.45, 7) is 2.53. The van der Waals surface area contributed by atoms with Crippen LogP contribution in [0.2, 0.25) is 0 Å². The van der Waals surface area contributed by atoms with Crippen LogP contribution in [0, 0.1) is 5.92 Å². The number of furan rings is 1. The number of nitrogens with zero attached hydrogens (tertiary/aromatic N) is 1. The Morgan fingerprint density at radius 2 is 1.83 bits per heavy atom. The van der Waals surface area contributed by atoms with Crippen LogP contribution < -0.4 is 0 Å². The summed E-state index contributed by atoms with van der Waals surface area (Å²) >= 11 is 0. The first-order valence-corrected chi connectivity index (χ1v) is 7.74. The summed E-state index contributed by atoms with van der Waals surface area (Å²) in [6, 6.07) is 12.6. The van der Waals surface area contributed by atoms with Gasteiger partial charge >= 0.3 is 5.97 Å². The van der Waals surface area contributed by atoms with Crippen LogP contribution in [0.15, 0.2) is 46.9 Å². The number of hydrogen-bond acceptors (Lipinski definition) is 3. The van der Waals surface area contributed by atoms with E-state index in [0.717, 1.165) is 18.4 Å². The van der Waals surface area contributed by atoms with Gasteiger partial charge in [0.05, 0.1) is 0 Å². The largest absolute Gasteiger partial charge is 0.475 e. The van der Waals surface area contributed by atoms with Gasteiger partial charge in [0.15, 0.2) is 5.76 Å². The molecule has 5 nitrogen and oxygen atoms in total. The molecular weight excluding hydrogens is 294 g/mol. The second-order valence-corrected chi connectivity index (χ2v) is 5.97. The van der Waals surface area contributed by atoms with Crippen LogP contribution >= 0.6 is 0 Å². The summed E-state index contributed by atoms with van der Waals surface area (Å²) in [6.07, 6.45) is 2.25. The van der Waals surface area contributed by atoms with E-state index in [0.29, 0.717) is 12.5 Å². The Bertz CT molecular complexity index is 703. The van der Waals surface area contributed by atoms with Gasteiger partial charge in [0, 0.05) is 12.6 Å².